The number of hydrogen-bond acceptors (Lipinski definition) is 9. The quantitative estimate of drug-likeness (QED) is 0.464. The molecule has 2 fully saturated rings. The van der Waals surface area contributed by atoms with E-state index in [0.717, 1.165) is 31.3 Å². The molecule has 2 bridgehead atoms. The van der Waals surface area contributed by atoms with Gasteiger partial charge in [-0.05, 0) is 30.7 Å². The van der Waals surface area contributed by atoms with E-state index in [0.29, 0.717) is 40.3 Å². The number of sulfone groups is 1. The third kappa shape index (κ3) is 4.72. The summed E-state index contributed by atoms with van der Waals surface area (Å²) in [6.07, 6.45) is -3.12. The highest BCUT2D eigenvalue weighted by Crippen LogP contribution is 2.42. The van der Waals surface area contributed by atoms with Crippen molar-refractivity contribution in [1.82, 2.24) is 20.2 Å². The molecule has 15 heteroatoms. The number of anilines is 3. The Morgan fingerprint density at radius 2 is 2.05 bits per heavy atom. The highest BCUT2D eigenvalue weighted by molar-refractivity contribution is 7.91. The van der Waals surface area contributed by atoms with E-state index in [1.165, 1.54) is 11.9 Å². The predicted octanol–water partition coefficient (Wildman–Crippen LogP) is 4.03. The van der Waals surface area contributed by atoms with E-state index in [2.05, 4.69) is 25.5 Å². The van der Waals surface area contributed by atoms with Gasteiger partial charge in [-0.15, -0.1) is 11.3 Å². The number of amides is 1. The van der Waals surface area contributed by atoms with E-state index < -0.39 is 33.2 Å². The Morgan fingerprint density at radius 1 is 1.26 bits per heavy atom. The van der Waals surface area contributed by atoms with Crippen molar-refractivity contribution in [2.24, 2.45) is 0 Å². The molecule has 2 N–H and O–H groups in total. The lowest BCUT2D eigenvalue weighted by molar-refractivity contribution is -0.137. The number of carbonyl (C=O) groups excluding carboxylic acids is 1. The summed E-state index contributed by atoms with van der Waals surface area (Å²) in [6, 6.07) is 7.31. The molecule has 206 valence electrons. The van der Waals surface area contributed by atoms with E-state index in [1.54, 1.807) is 12.1 Å². The summed E-state index contributed by atoms with van der Waals surface area (Å²) in [7, 11) is -2.43. The van der Waals surface area contributed by atoms with Crippen LogP contribution in [0.1, 0.15) is 21.7 Å². The lowest BCUT2D eigenvalue weighted by Crippen LogP contribution is -2.43. The van der Waals surface area contributed by atoms with Crippen LogP contribution in [-0.2, 0) is 16.0 Å². The smallest absolute Gasteiger partial charge is 0.366 e. The molecule has 0 aliphatic carbocycles. The number of fused-ring (bicyclic) bond motifs is 3. The fraction of sp³-hybridized carbons (Fsp3) is 0.375. The highest BCUT2D eigenvalue weighted by atomic mass is 35.5. The van der Waals surface area contributed by atoms with Crippen molar-refractivity contribution in [3.05, 3.63) is 45.9 Å². The zero-order valence-electron chi connectivity index (χ0n) is 20.4. The minimum Gasteiger partial charge on any atom is -0.366 e. The van der Waals surface area contributed by atoms with Gasteiger partial charge in [-0.2, -0.15) is 13.2 Å². The number of hydrogen-bond donors (Lipinski definition) is 2. The summed E-state index contributed by atoms with van der Waals surface area (Å²) in [5.74, 6) is -1.06. The van der Waals surface area contributed by atoms with E-state index in [9.17, 15) is 26.4 Å². The van der Waals surface area contributed by atoms with Gasteiger partial charge in [-0.1, -0.05) is 11.6 Å². The molecular weight excluding hydrogens is 577 g/mol. The van der Waals surface area contributed by atoms with E-state index in [-0.39, 0.29) is 32.9 Å². The van der Waals surface area contributed by atoms with Crippen LogP contribution in [0, 0.1) is 0 Å². The van der Waals surface area contributed by atoms with E-state index >= 15 is 0 Å². The number of nitrogens with one attached hydrogen (secondary N) is 2. The van der Waals surface area contributed by atoms with Crippen LogP contribution in [-0.4, -0.2) is 73.7 Å². The molecule has 0 saturated carbocycles. The largest absolute Gasteiger partial charge is 0.420 e. The molecule has 2 saturated heterocycles. The van der Waals surface area contributed by atoms with Crippen molar-refractivity contribution < 1.29 is 26.4 Å². The molecule has 0 unspecified atom stereocenters. The summed E-state index contributed by atoms with van der Waals surface area (Å²) >= 11 is 7.18. The minimum absolute atomic E-state index is 0.0112. The highest BCUT2D eigenvalue weighted by Gasteiger charge is 2.39. The molecule has 3 aliphatic rings. The Balaban J connectivity index is 1.36. The second-order valence-electron chi connectivity index (χ2n) is 9.74. The fourth-order valence-electron chi connectivity index (χ4n) is 5.13. The number of alkyl halides is 3. The van der Waals surface area contributed by atoms with Crippen LogP contribution in [0.4, 0.5) is 30.5 Å². The second kappa shape index (κ2) is 9.32. The number of rotatable bonds is 4. The van der Waals surface area contributed by atoms with Gasteiger partial charge in [0.15, 0.2) is 9.84 Å². The molecule has 39 heavy (non-hydrogen) atoms. The molecule has 5 heterocycles. The van der Waals surface area contributed by atoms with Crippen LogP contribution in [0.15, 0.2) is 35.4 Å². The lowest BCUT2D eigenvalue weighted by atomic mass is 10.2. The van der Waals surface area contributed by atoms with Gasteiger partial charge in [0.1, 0.15) is 10.4 Å². The Kier molecular flexibility index (Phi) is 6.28. The van der Waals surface area contributed by atoms with Gasteiger partial charge in [-0.25, -0.2) is 18.4 Å². The number of carbonyl (C=O) groups is 1. The van der Waals surface area contributed by atoms with Gasteiger partial charge in [0, 0.05) is 50.6 Å². The van der Waals surface area contributed by atoms with Crippen LogP contribution in [0.25, 0.3) is 10.6 Å². The minimum atomic E-state index is -4.82. The molecule has 6 rings (SSSR count). The zero-order chi connectivity index (χ0) is 27.7. The monoisotopic (exact) mass is 598 g/mol. The number of nitrogens with zero attached hydrogens (tertiary/aromatic N) is 4. The average Bonchev–Trinajstić information content (AvgIpc) is 3.62. The van der Waals surface area contributed by atoms with Gasteiger partial charge in [0.05, 0.1) is 31.9 Å². The molecule has 3 aromatic rings. The maximum Gasteiger partial charge on any atom is 0.420 e. The summed E-state index contributed by atoms with van der Waals surface area (Å²) in [6.45, 7) is 1.76. The molecule has 1 aromatic carbocycles. The zero-order valence-corrected chi connectivity index (χ0v) is 22.8. The topological polar surface area (TPSA) is 108 Å². The number of thiophene rings is 1. The van der Waals surface area contributed by atoms with Crippen LogP contribution in [0.3, 0.4) is 0 Å². The Bertz CT molecular complexity index is 1600. The summed E-state index contributed by atoms with van der Waals surface area (Å²) in [5, 5.41) is 6.66. The van der Waals surface area contributed by atoms with E-state index in [1.807, 2.05) is 6.07 Å². The molecule has 3 aliphatic heterocycles. The summed E-state index contributed by atoms with van der Waals surface area (Å²) < 4.78 is 67.3. The van der Waals surface area contributed by atoms with Crippen molar-refractivity contribution in [3.63, 3.8) is 0 Å². The Hall–Kier alpha value is -2.94. The first-order chi connectivity index (χ1) is 18.4. The number of aromatic nitrogens is 2. The van der Waals surface area contributed by atoms with Gasteiger partial charge in [0.2, 0.25) is 5.95 Å². The van der Waals surface area contributed by atoms with Gasteiger partial charge < -0.3 is 20.4 Å². The average molecular weight is 599 g/mol. The Morgan fingerprint density at radius 3 is 2.72 bits per heavy atom. The van der Waals surface area contributed by atoms with Crippen LogP contribution >= 0.6 is 22.9 Å². The summed E-state index contributed by atoms with van der Waals surface area (Å²) in [5.41, 5.74) is -0.335. The third-order valence-corrected chi connectivity index (χ3v) is 10.5. The fourth-order valence-corrected chi connectivity index (χ4v) is 8.39. The number of piperazine rings is 1. The first-order valence-electron chi connectivity index (χ1n) is 12.0. The molecule has 0 spiro atoms. The second-order valence-corrected chi connectivity index (χ2v) is 13.3. The SMILES string of the molecule is CN1CCS(=O)(=O)c2cc(-c3nc(Nc4ccc(N5C[C@H]6C[C@@H]5CN6)cc4Cl)ncc3C(F)(F)F)sc2C1=O. The lowest BCUT2D eigenvalue weighted by Gasteiger charge is -2.30. The van der Waals surface area contributed by atoms with Crippen LogP contribution < -0.4 is 15.5 Å². The van der Waals surface area contributed by atoms with Crippen molar-refractivity contribution in [2.75, 3.05) is 42.7 Å². The van der Waals surface area contributed by atoms with Gasteiger partial charge in [0.25, 0.3) is 5.91 Å². The van der Waals surface area contributed by atoms with Crippen molar-refractivity contribution in [1.29, 1.82) is 0 Å². The molecule has 2 aromatic heterocycles. The first kappa shape index (κ1) is 26.3. The maximum absolute atomic E-state index is 13.9. The van der Waals surface area contributed by atoms with Crippen molar-refractivity contribution in [2.45, 2.75) is 29.6 Å². The maximum atomic E-state index is 13.9. The van der Waals surface area contributed by atoms with Gasteiger partial charge in [-0.3, -0.25) is 4.79 Å². The van der Waals surface area contributed by atoms with Crippen LogP contribution in [0.2, 0.25) is 5.02 Å². The molecule has 1 amide bonds. The van der Waals surface area contributed by atoms with Gasteiger partial charge >= 0.3 is 6.18 Å². The Labute approximate surface area is 230 Å². The number of benzene rings is 1. The van der Waals surface area contributed by atoms with Crippen LogP contribution in [0.5, 0.6) is 0 Å². The summed E-state index contributed by atoms with van der Waals surface area (Å²) in [4.78, 5) is 23.7. The first-order valence-corrected chi connectivity index (χ1v) is 14.9. The van der Waals surface area contributed by atoms with E-state index in [4.69, 9.17) is 11.6 Å². The van der Waals surface area contributed by atoms with Crippen molar-refractivity contribution in [3.8, 4) is 10.6 Å². The number of halogens is 4. The predicted molar refractivity (Wildman–Crippen MR) is 142 cm³/mol. The van der Waals surface area contributed by atoms with Crippen molar-refractivity contribution >= 4 is 56.0 Å². The molecule has 2 atom stereocenters. The molecule has 9 nitrogen and oxygen atoms in total. The third-order valence-electron chi connectivity index (χ3n) is 7.18. The molecule has 0 radical (unpaired) electrons. The standard InChI is InChI=1S/C24H22ClF3N6O3S2/c1-33-4-5-39(36,37)19-8-18(38-21(19)22(33)35)20-15(24(26,27)28)10-30-23(32-20)31-17-3-2-13(7-16(17)25)34-11-12-6-14(34)9-29-12/h2-3,7-8,10,12,14,29H,4-6,9,11H2,1H3,(H,30,31,32)/t12-,14-/m1/s1. The molecular formula is C24H22ClF3N6O3S2. The normalized spacial score (nSPS) is 22.2.